The summed E-state index contributed by atoms with van der Waals surface area (Å²) in [6, 6.07) is 9.44. The van der Waals surface area contributed by atoms with E-state index in [1.807, 2.05) is 0 Å². The van der Waals surface area contributed by atoms with E-state index in [2.05, 4.69) is 5.32 Å². The summed E-state index contributed by atoms with van der Waals surface area (Å²) >= 11 is 1.16. The lowest BCUT2D eigenvalue weighted by atomic mass is 10.1. The van der Waals surface area contributed by atoms with Gasteiger partial charge in [0.2, 0.25) is 10.0 Å². The third-order valence-corrected chi connectivity index (χ3v) is 5.24. The molecule has 0 unspecified atom stereocenters. The molecule has 1 aromatic carbocycles. The van der Waals surface area contributed by atoms with Crippen molar-refractivity contribution in [2.45, 2.75) is 18.2 Å². The van der Waals surface area contributed by atoms with E-state index >= 15 is 0 Å². The number of carbonyl (C=O) groups is 2. The van der Waals surface area contributed by atoms with E-state index in [9.17, 15) is 18.0 Å². The normalized spacial score (nSPS) is 11.2. The highest BCUT2D eigenvalue weighted by Crippen LogP contribution is 2.16. The zero-order chi connectivity index (χ0) is 17.0. The van der Waals surface area contributed by atoms with Crippen molar-refractivity contribution < 1.29 is 18.0 Å². The molecule has 23 heavy (non-hydrogen) atoms. The minimum Gasteiger partial charge on any atom is -0.351 e. The van der Waals surface area contributed by atoms with E-state index in [0.29, 0.717) is 22.7 Å². The van der Waals surface area contributed by atoms with Crippen LogP contribution in [0.3, 0.4) is 0 Å². The first-order valence-electron chi connectivity index (χ1n) is 6.78. The summed E-state index contributed by atoms with van der Waals surface area (Å²) in [7, 11) is -3.69. The fourth-order valence-electron chi connectivity index (χ4n) is 1.90. The minimum atomic E-state index is -3.69. The van der Waals surface area contributed by atoms with Crippen LogP contribution in [-0.4, -0.2) is 26.7 Å². The van der Waals surface area contributed by atoms with Gasteiger partial charge in [-0.1, -0.05) is 12.1 Å². The molecule has 6 nitrogen and oxygen atoms in total. The van der Waals surface area contributed by atoms with Crippen molar-refractivity contribution in [3.05, 3.63) is 51.7 Å². The van der Waals surface area contributed by atoms with Crippen LogP contribution in [0.1, 0.15) is 31.8 Å². The van der Waals surface area contributed by atoms with Gasteiger partial charge in [-0.15, -0.1) is 11.3 Å². The molecule has 1 aromatic heterocycles. The van der Waals surface area contributed by atoms with E-state index < -0.39 is 10.0 Å². The Hall–Kier alpha value is -2.03. The number of hydrogen-bond acceptors (Lipinski definition) is 5. The summed E-state index contributed by atoms with van der Waals surface area (Å²) in [5.41, 5.74) is 0.883. The highest BCUT2D eigenvalue weighted by Gasteiger charge is 2.11. The highest BCUT2D eigenvalue weighted by atomic mass is 32.2. The molecule has 0 fully saturated rings. The van der Waals surface area contributed by atoms with Gasteiger partial charge >= 0.3 is 0 Å². The molecule has 3 N–H and O–H groups in total. The summed E-state index contributed by atoms with van der Waals surface area (Å²) in [5, 5.41) is 7.79. The number of amides is 1. The summed E-state index contributed by atoms with van der Waals surface area (Å²) in [4.78, 5) is 24.2. The van der Waals surface area contributed by atoms with Crippen LogP contribution >= 0.6 is 11.3 Å². The average molecular weight is 352 g/mol. The van der Waals surface area contributed by atoms with Crippen molar-refractivity contribution in [3.63, 3.8) is 0 Å². The SMILES string of the molecule is CC(=O)c1ccc(C(=O)NCCc2ccc(S(N)(=O)=O)cc2)s1. The Kier molecular flexibility index (Phi) is 5.30. The largest absolute Gasteiger partial charge is 0.351 e. The Morgan fingerprint density at radius 1 is 1.09 bits per heavy atom. The second kappa shape index (κ2) is 7.03. The molecule has 0 saturated heterocycles. The number of nitrogens with one attached hydrogen (secondary N) is 1. The summed E-state index contributed by atoms with van der Waals surface area (Å²) in [6.07, 6.45) is 0.557. The Morgan fingerprint density at radius 3 is 2.22 bits per heavy atom. The maximum Gasteiger partial charge on any atom is 0.261 e. The molecule has 0 aliphatic heterocycles. The molecule has 122 valence electrons. The van der Waals surface area contributed by atoms with Gasteiger partial charge in [0.1, 0.15) is 0 Å². The predicted octanol–water partition coefficient (Wildman–Crippen LogP) is 1.57. The maximum atomic E-state index is 11.9. The van der Waals surface area contributed by atoms with Gasteiger partial charge in [0.05, 0.1) is 14.6 Å². The lowest BCUT2D eigenvalue weighted by molar-refractivity contribution is 0.0957. The number of nitrogens with two attached hydrogens (primary N) is 1. The first-order valence-corrected chi connectivity index (χ1v) is 9.14. The van der Waals surface area contributed by atoms with Crippen molar-refractivity contribution in [3.8, 4) is 0 Å². The Labute approximate surface area is 138 Å². The van der Waals surface area contributed by atoms with E-state index in [-0.39, 0.29) is 16.6 Å². The number of rotatable bonds is 6. The zero-order valence-corrected chi connectivity index (χ0v) is 14.0. The molecule has 0 atom stereocenters. The Bertz CT molecular complexity index is 823. The van der Waals surface area contributed by atoms with E-state index in [1.54, 1.807) is 24.3 Å². The molecular weight excluding hydrogens is 336 g/mol. The zero-order valence-electron chi connectivity index (χ0n) is 12.4. The van der Waals surface area contributed by atoms with Gasteiger partial charge in [0, 0.05) is 6.54 Å². The number of sulfonamides is 1. The van der Waals surface area contributed by atoms with Crippen molar-refractivity contribution in [1.29, 1.82) is 0 Å². The van der Waals surface area contributed by atoms with E-state index in [4.69, 9.17) is 5.14 Å². The number of Topliss-reactive ketones (excluding diaryl/α,β-unsaturated/α-hetero) is 1. The quantitative estimate of drug-likeness (QED) is 0.770. The smallest absolute Gasteiger partial charge is 0.261 e. The van der Waals surface area contributed by atoms with Gasteiger partial charge in [-0.2, -0.15) is 0 Å². The van der Waals surface area contributed by atoms with Crippen LogP contribution < -0.4 is 10.5 Å². The topological polar surface area (TPSA) is 106 Å². The number of hydrogen-bond donors (Lipinski definition) is 2. The summed E-state index contributed by atoms with van der Waals surface area (Å²) < 4.78 is 22.3. The van der Waals surface area contributed by atoms with Crippen LogP contribution in [0.5, 0.6) is 0 Å². The van der Waals surface area contributed by atoms with Gasteiger partial charge in [-0.25, -0.2) is 13.6 Å². The molecule has 0 spiro atoms. The lowest BCUT2D eigenvalue weighted by Crippen LogP contribution is -2.24. The average Bonchev–Trinajstić information content (AvgIpc) is 2.97. The van der Waals surface area contributed by atoms with Crippen LogP contribution in [-0.2, 0) is 16.4 Å². The van der Waals surface area contributed by atoms with Crippen LogP contribution in [0.4, 0.5) is 0 Å². The third-order valence-electron chi connectivity index (χ3n) is 3.13. The second-order valence-corrected chi connectivity index (χ2v) is 7.56. The van der Waals surface area contributed by atoms with Crippen molar-refractivity contribution in [2.24, 2.45) is 5.14 Å². The third kappa shape index (κ3) is 4.72. The number of primary sulfonamides is 1. The minimum absolute atomic E-state index is 0.0561. The molecule has 2 rings (SSSR count). The van der Waals surface area contributed by atoms with Gasteiger partial charge in [-0.05, 0) is 43.2 Å². The Balaban J connectivity index is 1.89. The Morgan fingerprint density at radius 2 is 1.70 bits per heavy atom. The fourth-order valence-corrected chi connectivity index (χ4v) is 3.24. The lowest BCUT2D eigenvalue weighted by Gasteiger charge is -2.05. The molecule has 2 aromatic rings. The predicted molar refractivity (Wildman–Crippen MR) is 88.2 cm³/mol. The monoisotopic (exact) mass is 352 g/mol. The fraction of sp³-hybridized carbons (Fsp3) is 0.200. The first-order chi connectivity index (χ1) is 10.8. The molecule has 0 bridgehead atoms. The molecule has 0 aliphatic carbocycles. The maximum absolute atomic E-state index is 11.9. The van der Waals surface area contributed by atoms with Crippen molar-refractivity contribution in [1.82, 2.24) is 5.32 Å². The molecule has 8 heteroatoms. The molecular formula is C15H16N2O4S2. The van der Waals surface area contributed by atoms with Crippen LogP contribution in [0.15, 0.2) is 41.3 Å². The number of carbonyl (C=O) groups excluding carboxylic acids is 2. The molecule has 0 aliphatic rings. The number of thiophene rings is 1. The first kappa shape index (κ1) is 17.3. The number of benzene rings is 1. The van der Waals surface area contributed by atoms with Crippen LogP contribution in [0.25, 0.3) is 0 Å². The van der Waals surface area contributed by atoms with E-state index in [0.717, 1.165) is 16.9 Å². The molecule has 0 saturated carbocycles. The van der Waals surface area contributed by atoms with Crippen LogP contribution in [0.2, 0.25) is 0 Å². The molecule has 1 amide bonds. The van der Waals surface area contributed by atoms with Gasteiger partial charge in [0.15, 0.2) is 5.78 Å². The summed E-state index contributed by atoms with van der Waals surface area (Å²) in [5.74, 6) is -0.298. The van der Waals surface area contributed by atoms with Gasteiger partial charge in [-0.3, -0.25) is 9.59 Å². The summed E-state index contributed by atoms with van der Waals surface area (Å²) in [6.45, 7) is 1.86. The van der Waals surface area contributed by atoms with E-state index in [1.165, 1.54) is 19.1 Å². The van der Waals surface area contributed by atoms with Crippen molar-refractivity contribution in [2.75, 3.05) is 6.54 Å². The van der Waals surface area contributed by atoms with Gasteiger partial charge < -0.3 is 5.32 Å². The number of ketones is 1. The highest BCUT2D eigenvalue weighted by molar-refractivity contribution is 7.89. The van der Waals surface area contributed by atoms with Crippen LogP contribution in [0, 0.1) is 0 Å². The molecule has 0 radical (unpaired) electrons. The van der Waals surface area contributed by atoms with Crippen molar-refractivity contribution >= 4 is 33.1 Å². The standard InChI is InChI=1S/C15H16N2O4S2/c1-10(18)13-6-7-14(22-13)15(19)17-9-8-11-2-4-12(5-3-11)23(16,20)21/h2-7H,8-9H2,1H3,(H,17,19)(H2,16,20,21). The molecule has 1 heterocycles. The van der Waals surface area contributed by atoms with Gasteiger partial charge in [0.25, 0.3) is 5.91 Å². The second-order valence-electron chi connectivity index (χ2n) is 4.91.